The van der Waals surface area contributed by atoms with Gasteiger partial charge < -0.3 is 5.32 Å². The zero-order valence-corrected chi connectivity index (χ0v) is 12.7. The average molecular weight is 316 g/mol. The first kappa shape index (κ1) is 12.9. The van der Waals surface area contributed by atoms with Gasteiger partial charge in [-0.25, -0.2) is 0 Å². The molecule has 3 rings (SSSR count). The van der Waals surface area contributed by atoms with Gasteiger partial charge in [0, 0.05) is 17.1 Å². The van der Waals surface area contributed by atoms with Gasteiger partial charge >= 0.3 is 0 Å². The molecule has 0 saturated heterocycles. The smallest absolute Gasteiger partial charge is 0.0329 e. The number of benzene rings is 2. The zero-order chi connectivity index (χ0) is 13.2. The van der Waals surface area contributed by atoms with Crippen molar-refractivity contribution in [3.05, 3.63) is 69.2 Å². The highest BCUT2D eigenvalue weighted by Crippen LogP contribution is 2.33. The van der Waals surface area contributed by atoms with E-state index in [2.05, 4.69) is 70.6 Å². The summed E-state index contributed by atoms with van der Waals surface area (Å²) in [5.41, 5.74) is 5.63. The molecule has 2 heteroatoms. The van der Waals surface area contributed by atoms with Crippen molar-refractivity contribution in [2.45, 2.75) is 32.4 Å². The van der Waals surface area contributed by atoms with Crippen molar-refractivity contribution in [1.29, 1.82) is 0 Å². The number of aryl methyl sites for hydroxylation is 2. The predicted octanol–water partition coefficient (Wildman–Crippen LogP) is 4.53. The molecule has 0 spiro atoms. The Morgan fingerprint density at radius 2 is 1.95 bits per heavy atom. The molecule has 1 aliphatic carbocycles. The molecule has 0 radical (unpaired) electrons. The Labute approximate surface area is 123 Å². The number of halogens is 1. The van der Waals surface area contributed by atoms with Crippen LogP contribution in [0.1, 0.15) is 34.7 Å². The summed E-state index contributed by atoms with van der Waals surface area (Å²) < 4.78 is 1.19. The summed E-state index contributed by atoms with van der Waals surface area (Å²) in [5, 5.41) is 3.68. The SMILES string of the molecule is Cc1ccc(CNC2CCc3cc(Br)ccc32)cc1. The van der Waals surface area contributed by atoms with Crippen LogP contribution >= 0.6 is 15.9 Å². The Balaban J connectivity index is 1.68. The third-order valence-corrected chi connectivity index (χ3v) is 4.35. The summed E-state index contributed by atoms with van der Waals surface area (Å²) in [5.74, 6) is 0. The maximum Gasteiger partial charge on any atom is 0.0329 e. The maximum atomic E-state index is 3.68. The quantitative estimate of drug-likeness (QED) is 0.877. The van der Waals surface area contributed by atoms with Crippen LogP contribution < -0.4 is 5.32 Å². The molecule has 98 valence electrons. The number of nitrogens with one attached hydrogen (secondary N) is 1. The van der Waals surface area contributed by atoms with Gasteiger partial charge in [0.1, 0.15) is 0 Å². The van der Waals surface area contributed by atoms with E-state index in [9.17, 15) is 0 Å². The maximum absolute atomic E-state index is 3.68. The first-order valence-electron chi connectivity index (χ1n) is 6.79. The van der Waals surface area contributed by atoms with E-state index in [0.717, 1.165) is 6.54 Å². The van der Waals surface area contributed by atoms with Gasteiger partial charge in [0.25, 0.3) is 0 Å². The second-order valence-corrected chi connectivity index (χ2v) is 6.22. The van der Waals surface area contributed by atoms with E-state index in [4.69, 9.17) is 0 Å². The van der Waals surface area contributed by atoms with Crippen LogP contribution in [0.4, 0.5) is 0 Å². The number of rotatable bonds is 3. The molecule has 1 atom stereocenters. The monoisotopic (exact) mass is 315 g/mol. The van der Waals surface area contributed by atoms with Gasteiger partial charge in [0.15, 0.2) is 0 Å². The van der Waals surface area contributed by atoms with Crippen LogP contribution in [0.25, 0.3) is 0 Å². The van der Waals surface area contributed by atoms with E-state index < -0.39 is 0 Å². The van der Waals surface area contributed by atoms with Crippen LogP contribution in [-0.4, -0.2) is 0 Å². The summed E-state index contributed by atoms with van der Waals surface area (Å²) in [6.07, 6.45) is 2.39. The molecule has 0 aromatic heterocycles. The minimum absolute atomic E-state index is 0.504. The van der Waals surface area contributed by atoms with Gasteiger partial charge in [-0.2, -0.15) is 0 Å². The fraction of sp³-hybridized carbons (Fsp3) is 0.294. The first-order chi connectivity index (χ1) is 9.22. The lowest BCUT2D eigenvalue weighted by molar-refractivity contribution is 0.530. The molecule has 1 nitrogen and oxygen atoms in total. The summed E-state index contributed by atoms with van der Waals surface area (Å²) in [7, 11) is 0. The van der Waals surface area contributed by atoms with Gasteiger partial charge in [0.05, 0.1) is 0 Å². The van der Waals surface area contributed by atoms with Crippen molar-refractivity contribution in [3.63, 3.8) is 0 Å². The Kier molecular flexibility index (Phi) is 3.72. The van der Waals surface area contributed by atoms with Crippen LogP contribution in [-0.2, 0) is 13.0 Å². The van der Waals surface area contributed by atoms with Gasteiger partial charge in [-0.15, -0.1) is 0 Å². The summed E-state index contributed by atoms with van der Waals surface area (Å²) >= 11 is 3.55. The van der Waals surface area contributed by atoms with E-state index >= 15 is 0 Å². The molecule has 2 aromatic carbocycles. The Morgan fingerprint density at radius 1 is 1.16 bits per heavy atom. The largest absolute Gasteiger partial charge is 0.306 e. The number of hydrogen-bond donors (Lipinski definition) is 1. The topological polar surface area (TPSA) is 12.0 Å². The van der Waals surface area contributed by atoms with Crippen LogP contribution in [0, 0.1) is 6.92 Å². The Bertz CT molecular complexity index is 574. The second kappa shape index (κ2) is 5.48. The minimum atomic E-state index is 0.504. The van der Waals surface area contributed by atoms with Crippen molar-refractivity contribution in [2.24, 2.45) is 0 Å². The van der Waals surface area contributed by atoms with Crippen molar-refractivity contribution in [2.75, 3.05) is 0 Å². The molecule has 1 unspecified atom stereocenters. The van der Waals surface area contributed by atoms with Crippen molar-refractivity contribution in [3.8, 4) is 0 Å². The van der Waals surface area contributed by atoms with Crippen LogP contribution in [0.3, 0.4) is 0 Å². The molecule has 0 amide bonds. The molecule has 0 aliphatic heterocycles. The lowest BCUT2D eigenvalue weighted by Gasteiger charge is -2.14. The second-order valence-electron chi connectivity index (χ2n) is 5.30. The van der Waals surface area contributed by atoms with Crippen molar-refractivity contribution in [1.82, 2.24) is 5.32 Å². The molecule has 1 aliphatic rings. The molecule has 0 heterocycles. The van der Waals surface area contributed by atoms with Gasteiger partial charge in [-0.1, -0.05) is 51.8 Å². The lowest BCUT2D eigenvalue weighted by Crippen LogP contribution is -2.18. The van der Waals surface area contributed by atoms with Crippen molar-refractivity contribution >= 4 is 15.9 Å². The van der Waals surface area contributed by atoms with Crippen LogP contribution in [0.2, 0.25) is 0 Å². The van der Waals surface area contributed by atoms with E-state index in [1.54, 1.807) is 0 Å². The van der Waals surface area contributed by atoms with E-state index in [0.29, 0.717) is 6.04 Å². The molecule has 1 N–H and O–H groups in total. The Morgan fingerprint density at radius 3 is 2.74 bits per heavy atom. The van der Waals surface area contributed by atoms with E-state index in [1.165, 1.54) is 39.6 Å². The van der Waals surface area contributed by atoms with E-state index in [1.807, 2.05) is 0 Å². The van der Waals surface area contributed by atoms with E-state index in [-0.39, 0.29) is 0 Å². The minimum Gasteiger partial charge on any atom is -0.306 e. The number of hydrogen-bond acceptors (Lipinski definition) is 1. The third-order valence-electron chi connectivity index (χ3n) is 3.86. The van der Waals surface area contributed by atoms with Crippen LogP contribution in [0.15, 0.2) is 46.9 Å². The van der Waals surface area contributed by atoms with Crippen LogP contribution in [0.5, 0.6) is 0 Å². The summed E-state index contributed by atoms with van der Waals surface area (Å²) in [4.78, 5) is 0. The van der Waals surface area contributed by atoms with Crippen molar-refractivity contribution < 1.29 is 0 Å². The molecule has 2 aromatic rings. The highest BCUT2D eigenvalue weighted by molar-refractivity contribution is 9.10. The summed E-state index contributed by atoms with van der Waals surface area (Å²) in [6, 6.07) is 15.9. The Hall–Kier alpha value is -1.12. The summed E-state index contributed by atoms with van der Waals surface area (Å²) in [6.45, 7) is 3.07. The highest BCUT2D eigenvalue weighted by atomic mass is 79.9. The van der Waals surface area contributed by atoms with Gasteiger partial charge in [0.2, 0.25) is 0 Å². The number of fused-ring (bicyclic) bond motifs is 1. The molecule has 0 saturated carbocycles. The standard InChI is InChI=1S/C17H18BrN/c1-12-2-4-13(5-3-12)11-19-17-9-6-14-10-15(18)7-8-16(14)17/h2-5,7-8,10,17,19H,6,9,11H2,1H3. The van der Waals surface area contributed by atoms with Gasteiger partial charge in [-0.3, -0.25) is 0 Å². The first-order valence-corrected chi connectivity index (χ1v) is 7.59. The molecular weight excluding hydrogens is 298 g/mol. The highest BCUT2D eigenvalue weighted by Gasteiger charge is 2.21. The molecule has 0 fully saturated rings. The fourth-order valence-electron chi connectivity index (χ4n) is 2.75. The fourth-order valence-corrected chi connectivity index (χ4v) is 3.15. The molecular formula is C17H18BrN. The third kappa shape index (κ3) is 2.90. The molecule has 0 bridgehead atoms. The lowest BCUT2D eigenvalue weighted by atomic mass is 10.1. The average Bonchev–Trinajstić information content (AvgIpc) is 2.80. The predicted molar refractivity (Wildman–Crippen MR) is 83.2 cm³/mol. The molecule has 19 heavy (non-hydrogen) atoms. The normalized spacial score (nSPS) is 17.5. The zero-order valence-electron chi connectivity index (χ0n) is 11.1. The van der Waals surface area contributed by atoms with Gasteiger partial charge in [-0.05, 0) is 48.6 Å².